The molecule has 0 aliphatic carbocycles. The van der Waals surface area contributed by atoms with Crippen LogP contribution in [0.1, 0.15) is 18.9 Å². The number of carboxylic acids is 1. The summed E-state index contributed by atoms with van der Waals surface area (Å²) in [5.74, 6) is -1.03. The number of carboxylic acid groups (broad SMARTS) is 1. The molecule has 1 aromatic rings. The standard InChI is InChI=1S/C18H19NO3S3/c1-12(10-13-6-4-3-5-7-13)11-15-16(20)19(18(23)25-15)14(17(21)22)8-9-24-2/h3-7,10-11,14H,8-9H2,1-2H3,(H,21,22)/p-1/b12-10-,15-11-/t14-/m0/s1. The number of carbonyl (C=O) groups is 2. The first kappa shape index (κ1) is 19.8. The van der Waals surface area contributed by atoms with Crippen LogP contribution in [-0.4, -0.2) is 39.1 Å². The highest BCUT2D eigenvalue weighted by atomic mass is 32.2. The number of rotatable bonds is 7. The van der Waals surface area contributed by atoms with Gasteiger partial charge in [0.2, 0.25) is 0 Å². The Bertz CT molecular complexity index is 728. The molecule has 132 valence electrons. The van der Waals surface area contributed by atoms with Gasteiger partial charge in [0.1, 0.15) is 4.32 Å². The smallest absolute Gasteiger partial charge is 0.266 e. The van der Waals surface area contributed by atoms with Crippen molar-refractivity contribution >= 4 is 58.0 Å². The summed E-state index contributed by atoms with van der Waals surface area (Å²) in [4.78, 5) is 25.7. The first-order chi connectivity index (χ1) is 11.9. The van der Waals surface area contributed by atoms with Gasteiger partial charge in [-0.1, -0.05) is 60.4 Å². The molecule has 1 heterocycles. The van der Waals surface area contributed by atoms with E-state index in [2.05, 4.69) is 0 Å². The Morgan fingerprint density at radius 3 is 2.68 bits per heavy atom. The molecule has 7 heteroatoms. The average molecular weight is 393 g/mol. The van der Waals surface area contributed by atoms with Gasteiger partial charge in [0, 0.05) is 0 Å². The quantitative estimate of drug-likeness (QED) is 0.525. The molecule has 2 rings (SSSR count). The SMILES string of the molecule is CSCC[C@@H](C(=O)[O-])N1C(=O)/C(=C/C(C)=C\c2ccccc2)SC1=S. The Morgan fingerprint density at radius 2 is 2.08 bits per heavy atom. The van der Waals surface area contributed by atoms with E-state index in [1.807, 2.05) is 49.6 Å². The monoisotopic (exact) mass is 392 g/mol. The van der Waals surface area contributed by atoms with Crippen LogP contribution in [0.25, 0.3) is 6.08 Å². The summed E-state index contributed by atoms with van der Waals surface area (Å²) >= 11 is 7.88. The maximum absolute atomic E-state index is 12.6. The van der Waals surface area contributed by atoms with Crippen molar-refractivity contribution in [3.63, 3.8) is 0 Å². The lowest BCUT2D eigenvalue weighted by molar-refractivity contribution is -0.310. The number of nitrogens with zero attached hydrogens (tertiary/aromatic N) is 1. The molecule has 1 aromatic carbocycles. The van der Waals surface area contributed by atoms with E-state index in [0.29, 0.717) is 17.1 Å². The zero-order valence-electron chi connectivity index (χ0n) is 13.9. The molecule has 4 nitrogen and oxygen atoms in total. The zero-order valence-corrected chi connectivity index (χ0v) is 16.4. The highest BCUT2D eigenvalue weighted by Crippen LogP contribution is 2.34. The number of carbonyl (C=O) groups excluding carboxylic acids is 2. The molecule has 1 saturated heterocycles. The second kappa shape index (κ2) is 9.22. The molecular formula is C18H18NO3S3-. The molecule has 0 N–H and O–H groups in total. The molecule has 1 aliphatic heterocycles. The fourth-order valence-corrected chi connectivity index (χ4v) is 4.26. The lowest BCUT2D eigenvalue weighted by Gasteiger charge is -2.27. The van der Waals surface area contributed by atoms with E-state index in [9.17, 15) is 14.7 Å². The van der Waals surface area contributed by atoms with Crippen molar-refractivity contribution in [3.05, 3.63) is 52.4 Å². The third-order valence-corrected chi connectivity index (χ3v) is 5.53. The zero-order chi connectivity index (χ0) is 18.4. The molecule has 0 unspecified atom stereocenters. The Hall–Kier alpha value is -1.57. The second-order valence-electron chi connectivity index (χ2n) is 5.47. The summed E-state index contributed by atoms with van der Waals surface area (Å²) < 4.78 is 0.263. The number of benzene rings is 1. The molecule has 1 fully saturated rings. The van der Waals surface area contributed by atoms with Crippen molar-refractivity contribution in [2.24, 2.45) is 0 Å². The van der Waals surface area contributed by atoms with E-state index >= 15 is 0 Å². The topological polar surface area (TPSA) is 60.4 Å². The second-order valence-corrected chi connectivity index (χ2v) is 8.13. The highest BCUT2D eigenvalue weighted by Gasteiger charge is 2.37. The van der Waals surface area contributed by atoms with Crippen LogP contribution >= 0.6 is 35.7 Å². The predicted octanol–water partition coefficient (Wildman–Crippen LogP) is 2.71. The Morgan fingerprint density at radius 1 is 1.40 bits per heavy atom. The number of aliphatic carboxylic acids is 1. The maximum Gasteiger partial charge on any atom is 0.266 e. The van der Waals surface area contributed by atoms with E-state index in [0.717, 1.165) is 22.9 Å². The van der Waals surface area contributed by atoms with Gasteiger partial charge in [-0.25, -0.2) is 0 Å². The average Bonchev–Trinajstić information content (AvgIpc) is 2.83. The van der Waals surface area contributed by atoms with E-state index in [1.165, 1.54) is 16.7 Å². The van der Waals surface area contributed by atoms with Crippen LogP contribution in [0.15, 0.2) is 46.9 Å². The minimum absolute atomic E-state index is 0.263. The van der Waals surface area contributed by atoms with Gasteiger partial charge in [0.05, 0.1) is 16.9 Å². The van der Waals surface area contributed by atoms with Crippen molar-refractivity contribution < 1.29 is 14.7 Å². The number of allylic oxidation sites excluding steroid dienone is 2. The fourth-order valence-electron chi connectivity index (χ4n) is 2.39. The molecule has 1 amide bonds. The van der Waals surface area contributed by atoms with E-state index in [4.69, 9.17) is 12.2 Å². The largest absolute Gasteiger partial charge is 0.548 e. The number of hydrogen-bond donors (Lipinski definition) is 0. The Labute approximate surface area is 161 Å². The van der Waals surface area contributed by atoms with Gasteiger partial charge in [-0.3, -0.25) is 9.69 Å². The third-order valence-electron chi connectivity index (χ3n) is 3.56. The summed E-state index contributed by atoms with van der Waals surface area (Å²) in [7, 11) is 0. The van der Waals surface area contributed by atoms with Gasteiger partial charge in [0.25, 0.3) is 5.91 Å². The molecule has 1 atom stereocenters. The predicted molar refractivity (Wildman–Crippen MR) is 107 cm³/mol. The summed E-state index contributed by atoms with van der Waals surface area (Å²) in [6.45, 7) is 1.89. The van der Waals surface area contributed by atoms with E-state index < -0.39 is 12.0 Å². The number of thioether (sulfide) groups is 2. The molecule has 0 spiro atoms. The third kappa shape index (κ3) is 5.20. The lowest BCUT2D eigenvalue weighted by Crippen LogP contribution is -2.50. The van der Waals surface area contributed by atoms with Crippen LogP contribution in [0.2, 0.25) is 0 Å². The van der Waals surface area contributed by atoms with Crippen molar-refractivity contribution in [1.29, 1.82) is 0 Å². The van der Waals surface area contributed by atoms with Crippen LogP contribution in [0.5, 0.6) is 0 Å². The van der Waals surface area contributed by atoms with Crippen molar-refractivity contribution in [2.75, 3.05) is 12.0 Å². The van der Waals surface area contributed by atoms with Gasteiger partial charge >= 0.3 is 0 Å². The molecule has 0 radical (unpaired) electrons. The van der Waals surface area contributed by atoms with Crippen LogP contribution in [0.3, 0.4) is 0 Å². The van der Waals surface area contributed by atoms with Gasteiger partial charge in [-0.05, 0) is 42.6 Å². The van der Waals surface area contributed by atoms with Gasteiger partial charge < -0.3 is 9.90 Å². The molecular weight excluding hydrogens is 374 g/mol. The Kier molecular flexibility index (Phi) is 7.28. The molecule has 0 saturated carbocycles. The molecule has 25 heavy (non-hydrogen) atoms. The highest BCUT2D eigenvalue weighted by molar-refractivity contribution is 8.26. The van der Waals surface area contributed by atoms with E-state index in [-0.39, 0.29) is 10.2 Å². The van der Waals surface area contributed by atoms with E-state index in [1.54, 1.807) is 6.08 Å². The van der Waals surface area contributed by atoms with Gasteiger partial charge in [-0.15, -0.1) is 0 Å². The van der Waals surface area contributed by atoms with Crippen LogP contribution < -0.4 is 5.11 Å². The summed E-state index contributed by atoms with van der Waals surface area (Å²) in [6.07, 6.45) is 5.89. The molecule has 1 aliphatic rings. The summed E-state index contributed by atoms with van der Waals surface area (Å²) in [6, 6.07) is 8.73. The normalized spacial score (nSPS) is 18.1. The van der Waals surface area contributed by atoms with Crippen LogP contribution in [0.4, 0.5) is 0 Å². The first-order valence-corrected chi connectivity index (χ1v) is 10.3. The minimum Gasteiger partial charge on any atom is -0.548 e. The van der Waals surface area contributed by atoms with Crippen molar-refractivity contribution in [1.82, 2.24) is 4.90 Å². The van der Waals surface area contributed by atoms with Gasteiger partial charge in [0.15, 0.2) is 0 Å². The number of thiocarbonyl (C=S) groups is 1. The van der Waals surface area contributed by atoms with Crippen LogP contribution in [0, 0.1) is 0 Å². The molecule has 0 aromatic heterocycles. The van der Waals surface area contributed by atoms with Crippen LogP contribution in [-0.2, 0) is 9.59 Å². The van der Waals surface area contributed by atoms with Crippen molar-refractivity contribution in [3.8, 4) is 0 Å². The van der Waals surface area contributed by atoms with Gasteiger partial charge in [-0.2, -0.15) is 11.8 Å². The fraction of sp³-hybridized carbons (Fsp3) is 0.278. The summed E-state index contributed by atoms with van der Waals surface area (Å²) in [5, 5.41) is 11.4. The maximum atomic E-state index is 12.6. The Balaban J connectivity index is 2.22. The number of hydrogen-bond acceptors (Lipinski definition) is 6. The lowest BCUT2D eigenvalue weighted by atomic mass is 10.1. The number of amides is 1. The minimum atomic E-state index is -1.27. The first-order valence-electron chi connectivity index (χ1n) is 7.64. The van der Waals surface area contributed by atoms with Crippen molar-refractivity contribution in [2.45, 2.75) is 19.4 Å². The molecule has 0 bridgehead atoms. The summed E-state index contributed by atoms with van der Waals surface area (Å²) in [5.41, 5.74) is 1.92.